The van der Waals surface area contributed by atoms with Crippen molar-refractivity contribution in [3.05, 3.63) is 51.7 Å². The van der Waals surface area contributed by atoms with Crippen molar-refractivity contribution < 1.29 is 13.2 Å². The molecule has 3 rings (SSSR count). The number of piperazine rings is 1. The van der Waals surface area contributed by atoms with Gasteiger partial charge in [0.2, 0.25) is 10.0 Å². The molecule has 0 aliphatic carbocycles. The zero-order valence-corrected chi connectivity index (χ0v) is 15.3. The first-order valence-electron chi connectivity index (χ1n) is 7.78. The Hall–Kier alpha value is -2.21. The number of amides is 1. The van der Waals surface area contributed by atoms with E-state index < -0.39 is 10.0 Å². The second-order valence-electron chi connectivity index (χ2n) is 5.74. The van der Waals surface area contributed by atoms with Gasteiger partial charge in [-0.3, -0.25) is 4.79 Å². The third-order valence-electron chi connectivity index (χ3n) is 4.10. The van der Waals surface area contributed by atoms with Gasteiger partial charge in [0.15, 0.2) is 0 Å². The number of nitriles is 1. The van der Waals surface area contributed by atoms with Crippen LogP contribution in [0.25, 0.3) is 0 Å². The van der Waals surface area contributed by atoms with Gasteiger partial charge in [-0.2, -0.15) is 9.57 Å². The smallest absolute Gasteiger partial charge is 0.264 e. The van der Waals surface area contributed by atoms with Gasteiger partial charge in [-0.15, -0.1) is 11.3 Å². The van der Waals surface area contributed by atoms with Gasteiger partial charge in [-0.1, -0.05) is 0 Å². The first-order chi connectivity index (χ1) is 11.9. The Balaban J connectivity index is 1.68. The number of hydrogen-bond acceptors (Lipinski definition) is 5. The van der Waals surface area contributed by atoms with Gasteiger partial charge in [0.05, 0.1) is 21.4 Å². The summed E-state index contributed by atoms with van der Waals surface area (Å²) in [5.41, 5.74) is 0.417. The first-order valence-corrected chi connectivity index (χ1v) is 10.0. The summed E-state index contributed by atoms with van der Waals surface area (Å²) in [6.45, 7) is 3.21. The molecular weight excluding hydrogens is 358 g/mol. The summed E-state index contributed by atoms with van der Waals surface area (Å²) < 4.78 is 26.7. The van der Waals surface area contributed by atoms with Crippen LogP contribution in [0.5, 0.6) is 0 Å². The molecule has 6 nitrogen and oxygen atoms in total. The molecule has 0 radical (unpaired) electrons. The molecule has 0 N–H and O–H groups in total. The van der Waals surface area contributed by atoms with Gasteiger partial charge in [0.1, 0.15) is 0 Å². The highest BCUT2D eigenvalue weighted by Crippen LogP contribution is 2.21. The number of carbonyl (C=O) groups is 1. The molecule has 0 bridgehead atoms. The maximum atomic E-state index is 12.7. The van der Waals surface area contributed by atoms with Crippen LogP contribution < -0.4 is 0 Å². The third kappa shape index (κ3) is 3.58. The van der Waals surface area contributed by atoms with Crippen molar-refractivity contribution in [2.24, 2.45) is 0 Å². The normalized spacial score (nSPS) is 15.8. The Bertz CT molecular complexity index is 919. The lowest BCUT2D eigenvalue weighted by Crippen LogP contribution is -2.50. The second-order valence-corrected chi connectivity index (χ2v) is 8.97. The van der Waals surface area contributed by atoms with E-state index in [0.717, 1.165) is 4.88 Å². The highest BCUT2D eigenvalue weighted by molar-refractivity contribution is 7.89. The summed E-state index contributed by atoms with van der Waals surface area (Å²) in [5, 5.41) is 8.81. The van der Waals surface area contributed by atoms with E-state index in [0.29, 0.717) is 23.5 Å². The molecule has 1 saturated heterocycles. The molecule has 1 aliphatic rings. The fraction of sp³-hybridized carbons (Fsp3) is 0.294. The Morgan fingerprint density at radius 1 is 1.08 bits per heavy atom. The number of carbonyl (C=O) groups excluding carboxylic acids is 1. The molecule has 0 spiro atoms. The third-order valence-corrected chi connectivity index (χ3v) is 7.00. The summed E-state index contributed by atoms with van der Waals surface area (Å²) in [6.07, 6.45) is 0. The van der Waals surface area contributed by atoms with Crippen LogP contribution in [0.15, 0.2) is 41.3 Å². The lowest BCUT2D eigenvalue weighted by atomic mass is 10.2. The summed E-state index contributed by atoms with van der Waals surface area (Å²) in [5.74, 6) is -0.0477. The molecule has 1 aliphatic heterocycles. The van der Waals surface area contributed by atoms with Crippen molar-refractivity contribution in [1.29, 1.82) is 5.26 Å². The van der Waals surface area contributed by atoms with Crippen molar-refractivity contribution in [3.63, 3.8) is 0 Å². The van der Waals surface area contributed by atoms with Crippen LogP contribution >= 0.6 is 11.3 Å². The van der Waals surface area contributed by atoms with E-state index in [-0.39, 0.29) is 23.9 Å². The fourth-order valence-corrected chi connectivity index (χ4v) is 4.94. The average molecular weight is 375 g/mol. The quantitative estimate of drug-likeness (QED) is 0.822. The van der Waals surface area contributed by atoms with Gasteiger partial charge < -0.3 is 4.90 Å². The van der Waals surface area contributed by atoms with Crippen LogP contribution in [-0.2, 0) is 10.0 Å². The van der Waals surface area contributed by atoms with Gasteiger partial charge >= 0.3 is 0 Å². The van der Waals surface area contributed by atoms with E-state index in [9.17, 15) is 13.2 Å². The predicted octanol–water partition coefficient (Wildman–Crippen LogP) is 2.07. The van der Waals surface area contributed by atoms with E-state index >= 15 is 0 Å². The van der Waals surface area contributed by atoms with E-state index in [1.807, 2.05) is 25.1 Å². The maximum Gasteiger partial charge on any atom is 0.264 e. The number of aryl methyl sites for hydroxylation is 1. The molecule has 25 heavy (non-hydrogen) atoms. The zero-order chi connectivity index (χ0) is 18.0. The average Bonchev–Trinajstić information content (AvgIpc) is 3.07. The lowest BCUT2D eigenvalue weighted by Gasteiger charge is -2.33. The van der Waals surface area contributed by atoms with Crippen molar-refractivity contribution in [2.75, 3.05) is 26.2 Å². The summed E-state index contributed by atoms with van der Waals surface area (Å²) in [6, 6.07) is 11.6. The van der Waals surface area contributed by atoms with Crippen LogP contribution in [0.4, 0.5) is 0 Å². The topological polar surface area (TPSA) is 81.5 Å². The van der Waals surface area contributed by atoms with Gasteiger partial charge in [0, 0.05) is 31.1 Å². The number of benzene rings is 1. The summed E-state index contributed by atoms with van der Waals surface area (Å²) in [7, 11) is -3.61. The van der Waals surface area contributed by atoms with Crippen LogP contribution in [0.3, 0.4) is 0 Å². The number of nitrogens with zero attached hydrogens (tertiary/aromatic N) is 3. The molecule has 0 unspecified atom stereocenters. The predicted molar refractivity (Wildman–Crippen MR) is 94.9 cm³/mol. The van der Waals surface area contributed by atoms with Gasteiger partial charge in [0.25, 0.3) is 5.91 Å². The first kappa shape index (κ1) is 17.6. The SMILES string of the molecule is Cc1ccc(C(=O)N2CCN(S(=O)(=O)c3ccc(C#N)cc3)CC2)s1. The lowest BCUT2D eigenvalue weighted by molar-refractivity contribution is 0.0703. The number of thiophene rings is 1. The summed E-state index contributed by atoms with van der Waals surface area (Å²) >= 11 is 1.45. The van der Waals surface area contributed by atoms with E-state index in [4.69, 9.17) is 5.26 Å². The van der Waals surface area contributed by atoms with Crippen molar-refractivity contribution in [3.8, 4) is 6.07 Å². The van der Waals surface area contributed by atoms with Crippen LogP contribution in [-0.4, -0.2) is 49.7 Å². The minimum absolute atomic E-state index is 0.0477. The zero-order valence-electron chi connectivity index (χ0n) is 13.7. The van der Waals surface area contributed by atoms with E-state index in [2.05, 4.69) is 0 Å². The van der Waals surface area contributed by atoms with Crippen molar-refractivity contribution in [1.82, 2.24) is 9.21 Å². The second kappa shape index (κ2) is 6.96. The highest BCUT2D eigenvalue weighted by atomic mass is 32.2. The fourth-order valence-electron chi connectivity index (χ4n) is 2.69. The molecular formula is C17H17N3O3S2. The maximum absolute atomic E-state index is 12.7. The molecule has 0 atom stereocenters. The largest absolute Gasteiger partial charge is 0.335 e. The molecule has 1 aromatic heterocycles. The molecule has 130 valence electrons. The Morgan fingerprint density at radius 2 is 1.72 bits per heavy atom. The molecule has 8 heteroatoms. The van der Waals surface area contributed by atoms with Crippen LogP contribution in [0, 0.1) is 18.3 Å². The molecule has 1 aromatic carbocycles. The van der Waals surface area contributed by atoms with Crippen LogP contribution in [0.1, 0.15) is 20.1 Å². The summed E-state index contributed by atoms with van der Waals surface area (Å²) in [4.78, 5) is 16.1. The molecule has 1 fully saturated rings. The highest BCUT2D eigenvalue weighted by Gasteiger charge is 2.30. The number of hydrogen-bond donors (Lipinski definition) is 0. The minimum atomic E-state index is -3.61. The molecule has 0 saturated carbocycles. The number of rotatable bonds is 3. The minimum Gasteiger partial charge on any atom is -0.335 e. The van der Waals surface area contributed by atoms with Crippen LogP contribution in [0.2, 0.25) is 0 Å². The Labute approximate surface area is 151 Å². The van der Waals surface area contributed by atoms with Gasteiger partial charge in [-0.25, -0.2) is 8.42 Å². The molecule has 1 amide bonds. The standard InChI is InChI=1S/C17H17N3O3S2/c1-13-2-7-16(24-13)17(21)19-8-10-20(11-9-19)25(22,23)15-5-3-14(12-18)4-6-15/h2-7H,8-11H2,1H3. The van der Waals surface area contributed by atoms with Gasteiger partial charge in [-0.05, 0) is 43.3 Å². The molecule has 2 aromatic rings. The van der Waals surface area contributed by atoms with Crippen molar-refractivity contribution >= 4 is 27.3 Å². The van der Waals surface area contributed by atoms with E-state index in [1.165, 1.54) is 39.9 Å². The van der Waals surface area contributed by atoms with Crippen molar-refractivity contribution in [2.45, 2.75) is 11.8 Å². The molecule has 2 heterocycles. The Kier molecular flexibility index (Phi) is 4.90. The Morgan fingerprint density at radius 3 is 2.24 bits per heavy atom. The van der Waals surface area contributed by atoms with E-state index in [1.54, 1.807) is 4.90 Å². The number of sulfonamides is 1. The monoisotopic (exact) mass is 375 g/mol.